The second-order valence-electron chi connectivity index (χ2n) is 6.21. The predicted molar refractivity (Wildman–Crippen MR) is 107 cm³/mol. The quantitative estimate of drug-likeness (QED) is 0.343. The molecule has 0 N–H and O–H groups in total. The number of hydrogen-bond acceptors (Lipinski definition) is 4. The summed E-state index contributed by atoms with van der Waals surface area (Å²) in [5.41, 5.74) is 1.39. The Balaban J connectivity index is 1.62. The van der Waals surface area contributed by atoms with Crippen molar-refractivity contribution in [2.75, 3.05) is 0 Å². The molecule has 1 aromatic carbocycles. The van der Waals surface area contributed by atoms with E-state index in [1.807, 2.05) is 12.1 Å². The first-order chi connectivity index (χ1) is 11.6. The summed E-state index contributed by atoms with van der Waals surface area (Å²) in [5.74, 6) is 2.30. The molecule has 1 aliphatic carbocycles. The Hall–Kier alpha value is -0.620. The molecule has 4 rings (SSSR count). The smallest absolute Gasteiger partial charge is 0.142 e. The first-order valence-corrected chi connectivity index (χ1v) is 10.9. The summed E-state index contributed by atoms with van der Waals surface area (Å²) in [6.45, 7) is 2.32. The molecule has 0 amide bonds. The van der Waals surface area contributed by atoms with Crippen LogP contribution in [0.15, 0.2) is 33.6 Å². The summed E-state index contributed by atoms with van der Waals surface area (Å²) in [6.07, 6.45) is 3.48. The van der Waals surface area contributed by atoms with Gasteiger partial charge in [0.25, 0.3) is 0 Å². The molecule has 1 aliphatic rings. The van der Waals surface area contributed by atoms with Gasteiger partial charge in [-0.1, -0.05) is 34.5 Å². The van der Waals surface area contributed by atoms with Crippen molar-refractivity contribution in [2.45, 2.75) is 36.8 Å². The van der Waals surface area contributed by atoms with Gasteiger partial charge in [0, 0.05) is 14.2 Å². The van der Waals surface area contributed by atoms with Crippen LogP contribution in [0.2, 0.25) is 5.15 Å². The molecule has 0 radical (unpaired) electrons. The van der Waals surface area contributed by atoms with Crippen LogP contribution in [0.25, 0.3) is 10.2 Å². The Morgan fingerprint density at radius 1 is 1.29 bits per heavy atom. The molecule has 1 atom stereocenters. The van der Waals surface area contributed by atoms with Gasteiger partial charge in [0.05, 0.1) is 11.1 Å². The van der Waals surface area contributed by atoms with Crippen LogP contribution in [0.4, 0.5) is 0 Å². The lowest BCUT2D eigenvalue weighted by atomic mass is 9.89. The van der Waals surface area contributed by atoms with Crippen LogP contribution in [-0.2, 0) is 18.6 Å². The van der Waals surface area contributed by atoms with Gasteiger partial charge >= 0.3 is 0 Å². The average molecular weight is 440 g/mol. The molecule has 2 heterocycles. The fourth-order valence-electron chi connectivity index (χ4n) is 3.08. The van der Waals surface area contributed by atoms with E-state index < -0.39 is 0 Å². The van der Waals surface area contributed by atoms with Gasteiger partial charge in [-0.15, -0.1) is 23.1 Å². The number of rotatable bonds is 3. The molecule has 0 bridgehead atoms. The lowest BCUT2D eigenvalue weighted by molar-refractivity contribution is 0.509. The summed E-state index contributed by atoms with van der Waals surface area (Å²) in [4.78, 5) is 13.1. The van der Waals surface area contributed by atoms with Gasteiger partial charge in [0.2, 0.25) is 0 Å². The monoisotopic (exact) mass is 438 g/mol. The number of fused-ring (bicyclic) bond motifs is 3. The molecule has 0 spiro atoms. The third-order valence-electron chi connectivity index (χ3n) is 4.34. The Morgan fingerprint density at radius 3 is 2.88 bits per heavy atom. The number of thiophene rings is 1. The molecular formula is C18H16BrClN2S2. The highest BCUT2D eigenvalue weighted by Crippen LogP contribution is 2.40. The zero-order chi connectivity index (χ0) is 16.7. The number of thioether (sulfide) groups is 1. The molecular weight excluding hydrogens is 424 g/mol. The third-order valence-corrected chi connectivity index (χ3v) is 7.30. The lowest BCUT2D eigenvalue weighted by Gasteiger charge is -2.17. The van der Waals surface area contributed by atoms with E-state index in [0.717, 1.165) is 45.0 Å². The second kappa shape index (κ2) is 6.94. The molecule has 1 unspecified atom stereocenters. The molecule has 2 nitrogen and oxygen atoms in total. The van der Waals surface area contributed by atoms with Crippen molar-refractivity contribution in [1.29, 1.82) is 0 Å². The van der Waals surface area contributed by atoms with Crippen LogP contribution in [0, 0.1) is 5.92 Å². The first kappa shape index (κ1) is 16.8. The van der Waals surface area contributed by atoms with Crippen molar-refractivity contribution < 1.29 is 0 Å². The highest BCUT2D eigenvalue weighted by atomic mass is 79.9. The maximum atomic E-state index is 6.52. The van der Waals surface area contributed by atoms with Gasteiger partial charge in [0.15, 0.2) is 0 Å². The van der Waals surface area contributed by atoms with Crippen LogP contribution in [-0.4, -0.2) is 9.97 Å². The van der Waals surface area contributed by atoms with E-state index in [1.165, 1.54) is 21.8 Å². The highest BCUT2D eigenvalue weighted by molar-refractivity contribution is 9.10. The number of aromatic nitrogens is 2. The van der Waals surface area contributed by atoms with Crippen molar-refractivity contribution in [2.24, 2.45) is 5.92 Å². The topological polar surface area (TPSA) is 25.8 Å². The summed E-state index contributed by atoms with van der Waals surface area (Å²) < 4.78 is 1.09. The summed E-state index contributed by atoms with van der Waals surface area (Å²) in [7, 11) is 0. The van der Waals surface area contributed by atoms with Crippen molar-refractivity contribution in [3.63, 3.8) is 0 Å². The Morgan fingerprint density at radius 2 is 2.08 bits per heavy atom. The molecule has 0 saturated carbocycles. The Bertz CT molecular complexity index is 892. The zero-order valence-electron chi connectivity index (χ0n) is 13.2. The molecule has 0 aliphatic heterocycles. The fourth-order valence-corrected chi connectivity index (χ4v) is 5.86. The van der Waals surface area contributed by atoms with Gasteiger partial charge in [-0.2, -0.15) is 0 Å². The van der Waals surface area contributed by atoms with Crippen LogP contribution >= 0.6 is 50.6 Å². The maximum absolute atomic E-state index is 6.52. The first-order valence-electron chi connectivity index (χ1n) is 7.95. The molecule has 6 heteroatoms. The molecule has 3 aromatic rings. The van der Waals surface area contributed by atoms with E-state index in [-0.39, 0.29) is 0 Å². The van der Waals surface area contributed by atoms with E-state index in [2.05, 4.69) is 40.0 Å². The molecule has 24 heavy (non-hydrogen) atoms. The third kappa shape index (κ3) is 3.36. The fraction of sp³-hybridized carbons (Fsp3) is 0.333. The highest BCUT2D eigenvalue weighted by Gasteiger charge is 2.23. The molecule has 0 saturated heterocycles. The van der Waals surface area contributed by atoms with Crippen LogP contribution < -0.4 is 0 Å². The summed E-state index contributed by atoms with van der Waals surface area (Å²) >= 11 is 13.5. The van der Waals surface area contributed by atoms with E-state index in [1.54, 1.807) is 23.1 Å². The van der Waals surface area contributed by atoms with Gasteiger partial charge in [-0.3, -0.25) is 0 Å². The number of nitrogens with zero attached hydrogens (tertiary/aromatic N) is 2. The van der Waals surface area contributed by atoms with Gasteiger partial charge in [-0.25, -0.2) is 9.97 Å². The lowest BCUT2D eigenvalue weighted by Crippen LogP contribution is -2.08. The minimum absolute atomic E-state index is 0.624. The van der Waals surface area contributed by atoms with Crippen LogP contribution in [0.1, 0.15) is 29.6 Å². The van der Waals surface area contributed by atoms with E-state index >= 15 is 0 Å². The largest absolute Gasteiger partial charge is 0.221 e. The Labute approximate surface area is 163 Å². The predicted octanol–water partition coefficient (Wildman–Crippen LogP) is 6.52. The minimum atomic E-state index is 0.624. The van der Waals surface area contributed by atoms with E-state index in [4.69, 9.17) is 16.6 Å². The van der Waals surface area contributed by atoms with Crippen molar-refractivity contribution in [3.8, 4) is 0 Å². The molecule has 0 fully saturated rings. The standard InChI is InChI=1S/C18H16BrClN2S2/c1-10-2-7-13-14(8-10)24-18-16(13)17(20)21-15(22-18)9-23-12-5-3-11(19)4-6-12/h3-6,10H,2,7-9H2,1H3. The minimum Gasteiger partial charge on any atom is -0.221 e. The number of halogens is 2. The normalized spacial score (nSPS) is 17.2. The number of hydrogen-bond donors (Lipinski definition) is 0. The second-order valence-corrected chi connectivity index (χ2v) is 9.61. The number of aryl methyl sites for hydroxylation is 1. The van der Waals surface area contributed by atoms with Crippen LogP contribution in [0.5, 0.6) is 0 Å². The average Bonchev–Trinajstić information content (AvgIpc) is 2.92. The van der Waals surface area contributed by atoms with E-state index in [9.17, 15) is 0 Å². The van der Waals surface area contributed by atoms with Gasteiger partial charge in [-0.05, 0) is 55.0 Å². The van der Waals surface area contributed by atoms with Gasteiger partial charge < -0.3 is 0 Å². The Kier molecular flexibility index (Phi) is 4.87. The summed E-state index contributed by atoms with van der Waals surface area (Å²) in [6, 6.07) is 8.29. The molecule has 124 valence electrons. The van der Waals surface area contributed by atoms with Crippen molar-refractivity contribution in [3.05, 3.63) is 50.2 Å². The van der Waals surface area contributed by atoms with Crippen molar-refractivity contribution >= 4 is 60.8 Å². The summed E-state index contributed by atoms with van der Waals surface area (Å²) in [5, 5.41) is 1.72. The number of benzene rings is 1. The van der Waals surface area contributed by atoms with Crippen molar-refractivity contribution in [1.82, 2.24) is 9.97 Å². The van der Waals surface area contributed by atoms with Crippen LogP contribution in [0.3, 0.4) is 0 Å². The zero-order valence-corrected chi connectivity index (χ0v) is 17.2. The van der Waals surface area contributed by atoms with E-state index in [0.29, 0.717) is 5.15 Å². The van der Waals surface area contributed by atoms with Gasteiger partial charge in [0.1, 0.15) is 15.8 Å². The molecule has 2 aromatic heterocycles. The maximum Gasteiger partial charge on any atom is 0.142 e. The SMILES string of the molecule is CC1CCc2c(sc3nc(CSc4ccc(Br)cc4)nc(Cl)c23)C1.